The summed E-state index contributed by atoms with van der Waals surface area (Å²) in [6, 6.07) is 13.9. The maximum Gasteiger partial charge on any atom is 0.336 e. The van der Waals surface area contributed by atoms with Gasteiger partial charge in [0.2, 0.25) is 0 Å². The molecule has 0 radical (unpaired) electrons. The number of aromatic carboxylic acids is 1. The largest absolute Gasteiger partial charge is 0.478 e. The summed E-state index contributed by atoms with van der Waals surface area (Å²) >= 11 is 6.75. The second-order valence-electron chi connectivity index (χ2n) is 4.46. The summed E-state index contributed by atoms with van der Waals surface area (Å²) in [7, 11) is 0. The molecule has 0 fully saturated rings. The molecular weight excluding hydrogens is 368 g/mol. The molecule has 0 unspecified atom stereocenters. The number of halogens is 1. The zero-order chi connectivity index (χ0) is 15.2. The summed E-state index contributed by atoms with van der Waals surface area (Å²) in [6.07, 6.45) is 0. The van der Waals surface area contributed by atoms with E-state index in [2.05, 4.69) is 47.1 Å². The van der Waals surface area contributed by atoms with Gasteiger partial charge in [-0.15, -0.1) is 23.5 Å². The van der Waals surface area contributed by atoms with Gasteiger partial charge in [0.1, 0.15) is 0 Å². The SMILES string of the molecule is Cc1ccc(SCCSc2ccc(Br)c(C(=O)O)c2)cc1. The van der Waals surface area contributed by atoms with Crippen molar-refractivity contribution in [2.24, 2.45) is 0 Å². The van der Waals surface area contributed by atoms with Gasteiger partial charge in [-0.2, -0.15) is 0 Å². The van der Waals surface area contributed by atoms with Gasteiger partial charge in [-0.1, -0.05) is 17.7 Å². The van der Waals surface area contributed by atoms with Gasteiger partial charge in [0.15, 0.2) is 0 Å². The third-order valence-corrected chi connectivity index (χ3v) is 5.77. The van der Waals surface area contributed by atoms with E-state index in [1.807, 2.05) is 17.8 Å². The van der Waals surface area contributed by atoms with Crippen molar-refractivity contribution in [3.8, 4) is 0 Å². The van der Waals surface area contributed by atoms with Crippen molar-refractivity contribution in [1.82, 2.24) is 0 Å². The number of carboxylic acid groups (broad SMARTS) is 1. The molecule has 0 spiro atoms. The highest BCUT2D eigenvalue weighted by molar-refractivity contribution is 9.10. The van der Waals surface area contributed by atoms with Crippen molar-refractivity contribution < 1.29 is 9.90 Å². The van der Waals surface area contributed by atoms with E-state index in [-0.39, 0.29) is 0 Å². The minimum absolute atomic E-state index is 0.311. The highest BCUT2D eigenvalue weighted by atomic mass is 79.9. The lowest BCUT2D eigenvalue weighted by atomic mass is 10.2. The quantitative estimate of drug-likeness (QED) is 0.540. The number of hydrogen-bond donors (Lipinski definition) is 1. The van der Waals surface area contributed by atoms with Crippen molar-refractivity contribution in [1.29, 1.82) is 0 Å². The van der Waals surface area contributed by atoms with Gasteiger partial charge in [-0.05, 0) is 53.2 Å². The van der Waals surface area contributed by atoms with Crippen LogP contribution < -0.4 is 0 Å². The van der Waals surface area contributed by atoms with Gasteiger partial charge in [0, 0.05) is 25.8 Å². The highest BCUT2D eigenvalue weighted by Gasteiger charge is 2.09. The minimum atomic E-state index is -0.904. The lowest BCUT2D eigenvalue weighted by molar-refractivity contribution is 0.0695. The molecule has 0 saturated carbocycles. The lowest BCUT2D eigenvalue weighted by Crippen LogP contribution is -1.97. The number of thioether (sulfide) groups is 2. The Bertz CT molecular complexity index is 627. The van der Waals surface area contributed by atoms with Crippen LogP contribution >= 0.6 is 39.5 Å². The van der Waals surface area contributed by atoms with Crippen molar-refractivity contribution in [2.75, 3.05) is 11.5 Å². The van der Waals surface area contributed by atoms with E-state index in [0.29, 0.717) is 10.0 Å². The van der Waals surface area contributed by atoms with Crippen LogP contribution in [-0.4, -0.2) is 22.6 Å². The molecule has 5 heteroatoms. The molecule has 0 amide bonds. The topological polar surface area (TPSA) is 37.3 Å². The average molecular weight is 383 g/mol. The van der Waals surface area contributed by atoms with Crippen LogP contribution in [0.25, 0.3) is 0 Å². The average Bonchev–Trinajstić information content (AvgIpc) is 2.46. The van der Waals surface area contributed by atoms with Crippen molar-refractivity contribution in [2.45, 2.75) is 16.7 Å². The first-order chi connectivity index (χ1) is 10.1. The zero-order valence-electron chi connectivity index (χ0n) is 11.5. The third-order valence-electron chi connectivity index (χ3n) is 2.81. The number of carbonyl (C=O) groups is 1. The van der Waals surface area contributed by atoms with Gasteiger partial charge >= 0.3 is 5.97 Å². The standard InChI is InChI=1S/C16H15BrO2S2/c1-11-2-4-12(5-3-11)20-8-9-21-13-6-7-15(17)14(10-13)16(18)19/h2-7,10H,8-9H2,1H3,(H,18,19). The molecule has 0 heterocycles. The van der Waals surface area contributed by atoms with Gasteiger partial charge < -0.3 is 5.11 Å². The molecule has 2 rings (SSSR count). The molecule has 0 saturated heterocycles. The number of aryl methyl sites for hydroxylation is 1. The summed E-state index contributed by atoms with van der Waals surface area (Å²) in [6.45, 7) is 2.08. The molecule has 0 aromatic heterocycles. The summed E-state index contributed by atoms with van der Waals surface area (Å²) in [5.74, 6) is 1.03. The first kappa shape index (κ1) is 16.5. The van der Waals surface area contributed by atoms with Crippen LogP contribution in [0.2, 0.25) is 0 Å². The molecule has 0 atom stereocenters. The molecule has 21 heavy (non-hydrogen) atoms. The second-order valence-corrected chi connectivity index (χ2v) is 7.65. The third kappa shape index (κ3) is 5.09. The van der Waals surface area contributed by atoms with Crippen LogP contribution in [0.4, 0.5) is 0 Å². The second kappa shape index (κ2) is 7.92. The number of benzene rings is 2. The molecule has 0 aliphatic heterocycles. The molecule has 2 aromatic rings. The van der Waals surface area contributed by atoms with E-state index in [4.69, 9.17) is 5.11 Å². The number of hydrogen-bond acceptors (Lipinski definition) is 3. The van der Waals surface area contributed by atoms with Gasteiger partial charge in [-0.3, -0.25) is 0 Å². The predicted molar refractivity (Wildman–Crippen MR) is 93.7 cm³/mol. The fourth-order valence-corrected chi connectivity index (χ4v) is 3.96. The first-order valence-electron chi connectivity index (χ1n) is 6.41. The monoisotopic (exact) mass is 382 g/mol. The molecule has 2 aromatic carbocycles. The summed E-state index contributed by atoms with van der Waals surface area (Å²) < 4.78 is 0.619. The Morgan fingerprint density at radius 3 is 2.24 bits per heavy atom. The van der Waals surface area contributed by atoms with Crippen molar-refractivity contribution in [3.63, 3.8) is 0 Å². The summed E-state index contributed by atoms with van der Waals surface area (Å²) in [5.41, 5.74) is 1.58. The summed E-state index contributed by atoms with van der Waals surface area (Å²) in [5, 5.41) is 9.09. The normalized spacial score (nSPS) is 10.6. The summed E-state index contributed by atoms with van der Waals surface area (Å²) in [4.78, 5) is 13.3. The van der Waals surface area contributed by atoms with Crippen LogP contribution in [0, 0.1) is 6.92 Å². The van der Waals surface area contributed by atoms with Crippen LogP contribution in [0.15, 0.2) is 56.7 Å². The van der Waals surface area contributed by atoms with Gasteiger partial charge in [-0.25, -0.2) is 4.79 Å². The van der Waals surface area contributed by atoms with Crippen LogP contribution in [-0.2, 0) is 0 Å². The number of rotatable bonds is 6. The zero-order valence-corrected chi connectivity index (χ0v) is 14.7. The van der Waals surface area contributed by atoms with Crippen molar-refractivity contribution >= 4 is 45.4 Å². The Morgan fingerprint density at radius 2 is 1.62 bits per heavy atom. The van der Waals surface area contributed by atoms with E-state index in [1.165, 1.54) is 10.5 Å². The van der Waals surface area contributed by atoms with Crippen molar-refractivity contribution in [3.05, 3.63) is 58.1 Å². The van der Waals surface area contributed by atoms with E-state index < -0.39 is 5.97 Å². The van der Waals surface area contributed by atoms with E-state index >= 15 is 0 Å². The lowest BCUT2D eigenvalue weighted by Gasteiger charge is -2.05. The Morgan fingerprint density at radius 1 is 1.05 bits per heavy atom. The predicted octanol–water partition coefficient (Wildman–Crippen LogP) is 5.34. The maximum absolute atomic E-state index is 11.1. The first-order valence-corrected chi connectivity index (χ1v) is 9.18. The van der Waals surface area contributed by atoms with Crippen LogP contribution in [0.1, 0.15) is 15.9 Å². The smallest absolute Gasteiger partial charge is 0.336 e. The maximum atomic E-state index is 11.1. The molecule has 110 valence electrons. The minimum Gasteiger partial charge on any atom is -0.478 e. The Kier molecular flexibility index (Phi) is 6.21. The molecule has 0 aliphatic rings. The fourth-order valence-electron chi connectivity index (χ4n) is 1.71. The molecule has 1 N–H and O–H groups in total. The van der Waals surface area contributed by atoms with Crippen LogP contribution in [0.3, 0.4) is 0 Å². The molecular formula is C16H15BrO2S2. The molecule has 2 nitrogen and oxygen atoms in total. The van der Waals surface area contributed by atoms with E-state index in [9.17, 15) is 4.79 Å². The highest BCUT2D eigenvalue weighted by Crippen LogP contribution is 2.27. The van der Waals surface area contributed by atoms with Gasteiger partial charge in [0.05, 0.1) is 5.56 Å². The van der Waals surface area contributed by atoms with Crippen LogP contribution in [0.5, 0.6) is 0 Å². The van der Waals surface area contributed by atoms with Gasteiger partial charge in [0.25, 0.3) is 0 Å². The Labute approximate surface area is 141 Å². The Hall–Kier alpha value is -0.910. The van der Waals surface area contributed by atoms with E-state index in [0.717, 1.165) is 16.4 Å². The Balaban J connectivity index is 1.85. The fraction of sp³-hybridized carbons (Fsp3) is 0.188. The molecule has 0 bridgehead atoms. The number of carboxylic acids is 1. The van der Waals surface area contributed by atoms with E-state index in [1.54, 1.807) is 23.9 Å². The molecule has 0 aliphatic carbocycles.